The van der Waals surface area contributed by atoms with E-state index in [2.05, 4.69) is 0 Å². The lowest BCUT2D eigenvalue weighted by molar-refractivity contribution is 0.263. The molecule has 2 rings (SSSR count). The smallest absolute Gasteiger partial charge is 0.182 e. The molecule has 0 aromatic heterocycles. The van der Waals surface area contributed by atoms with E-state index >= 15 is 0 Å². The van der Waals surface area contributed by atoms with Gasteiger partial charge in [-0.3, -0.25) is 0 Å². The summed E-state index contributed by atoms with van der Waals surface area (Å²) in [6, 6.07) is 3.12. The van der Waals surface area contributed by atoms with Crippen LogP contribution in [0.3, 0.4) is 0 Å². The highest BCUT2D eigenvalue weighted by Crippen LogP contribution is 2.29. The van der Waals surface area contributed by atoms with Crippen LogP contribution < -0.4 is 10.6 Å². The van der Waals surface area contributed by atoms with Gasteiger partial charge >= 0.3 is 0 Å². The summed E-state index contributed by atoms with van der Waals surface area (Å²) in [7, 11) is 0. The first-order chi connectivity index (χ1) is 8.67. The first kappa shape index (κ1) is 13.2. The molecule has 0 amide bonds. The van der Waals surface area contributed by atoms with Crippen LogP contribution in [0.25, 0.3) is 0 Å². The molecule has 0 aliphatic carbocycles. The molecule has 1 aromatic carbocycles. The van der Waals surface area contributed by atoms with E-state index in [4.69, 9.17) is 10.8 Å². The van der Waals surface area contributed by atoms with Crippen molar-refractivity contribution in [2.24, 2.45) is 11.7 Å². The van der Waals surface area contributed by atoms with Crippen molar-refractivity contribution >= 4 is 5.69 Å². The number of hydrogen-bond donors (Lipinski definition) is 2. The van der Waals surface area contributed by atoms with Crippen LogP contribution in [0.5, 0.6) is 0 Å². The molecule has 1 saturated heterocycles. The highest BCUT2D eigenvalue weighted by Gasteiger charge is 2.25. The van der Waals surface area contributed by atoms with Gasteiger partial charge in [0.15, 0.2) is 11.6 Å². The molecule has 0 saturated carbocycles. The Hall–Kier alpha value is -1.20. The van der Waals surface area contributed by atoms with E-state index in [1.807, 2.05) is 4.90 Å². The molecule has 1 fully saturated rings. The zero-order valence-corrected chi connectivity index (χ0v) is 10.2. The van der Waals surface area contributed by atoms with Gasteiger partial charge in [0.2, 0.25) is 0 Å². The van der Waals surface area contributed by atoms with Crippen LogP contribution in [0.4, 0.5) is 14.5 Å². The molecule has 5 heteroatoms. The lowest BCUT2D eigenvalue weighted by atomic mass is 10.1. The topological polar surface area (TPSA) is 49.5 Å². The minimum atomic E-state index is -0.847. The van der Waals surface area contributed by atoms with Crippen LogP contribution in [-0.2, 0) is 6.54 Å². The lowest BCUT2D eigenvalue weighted by Crippen LogP contribution is -2.22. The molecule has 1 atom stereocenters. The van der Waals surface area contributed by atoms with Gasteiger partial charge in [-0.05, 0) is 24.8 Å². The van der Waals surface area contributed by atoms with Crippen molar-refractivity contribution in [3.8, 4) is 0 Å². The number of hydrogen-bond acceptors (Lipinski definition) is 3. The summed E-state index contributed by atoms with van der Waals surface area (Å²) in [5.41, 5.74) is 5.83. The Labute approximate surface area is 105 Å². The molecule has 0 radical (unpaired) electrons. The van der Waals surface area contributed by atoms with Gasteiger partial charge in [0.05, 0.1) is 5.69 Å². The summed E-state index contributed by atoms with van der Waals surface area (Å²) in [4.78, 5) is 1.83. The van der Waals surface area contributed by atoms with Gasteiger partial charge in [-0.1, -0.05) is 6.07 Å². The van der Waals surface area contributed by atoms with Gasteiger partial charge in [0.25, 0.3) is 0 Å². The van der Waals surface area contributed by atoms with Crippen molar-refractivity contribution in [2.45, 2.75) is 19.4 Å². The third-order valence-electron chi connectivity index (χ3n) is 3.53. The molecule has 3 N–H and O–H groups in total. The van der Waals surface area contributed by atoms with Crippen LogP contribution in [0.1, 0.15) is 18.4 Å². The fourth-order valence-electron chi connectivity index (χ4n) is 2.45. The quantitative estimate of drug-likeness (QED) is 0.861. The SMILES string of the molecule is NCc1ccc(N2CCC(CCO)C2)c(F)c1F. The highest BCUT2D eigenvalue weighted by molar-refractivity contribution is 5.50. The predicted molar refractivity (Wildman–Crippen MR) is 66.3 cm³/mol. The van der Waals surface area contributed by atoms with E-state index in [1.54, 1.807) is 6.07 Å². The first-order valence-electron chi connectivity index (χ1n) is 6.20. The standard InChI is InChI=1S/C13H18F2N2O/c14-12-10(7-16)1-2-11(13(12)15)17-5-3-9(8-17)4-6-18/h1-2,9,18H,3-8,16H2. The van der Waals surface area contributed by atoms with Crippen LogP contribution in [-0.4, -0.2) is 24.8 Å². The zero-order valence-electron chi connectivity index (χ0n) is 10.2. The number of aliphatic hydroxyl groups excluding tert-OH is 1. The molecule has 1 unspecified atom stereocenters. The second-order valence-corrected chi connectivity index (χ2v) is 4.69. The van der Waals surface area contributed by atoms with Gasteiger partial charge in [-0.2, -0.15) is 0 Å². The maximum atomic E-state index is 13.9. The largest absolute Gasteiger partial charge is 0.396 e. The molecule has 1 aliphatic rings. The van der Waals surface area contributed by atoms with Gasteiger partial charge in [-0.25, -0.2) is 8.78 Å². The van der Waals surface area contributed by atoms with Crippen molar-refractivity contribution in [3.63, 3.8) is 0 Å². The molecule has 3 nitrogen and oxygen atoms in total. The van der Waals surface area contributed by atoms with Crippen molar-refractivity contribution in [1.82, 2.24) is 0 Å². The molecule has 1 heterocycles. The summed E-state index contributed by atoms with van der Waals surface area (Å²) in [5.74, 6) is -1.31. The molecule has 0 spiro atoms. The summed E-state index contributed by atoms with van der Waals surface area (Å²) < 4.78 is 27.5. The summed E-state index contributed by atoms with van der Waals surface area (Å²) in [5, 5.41) is 8.88. The monoisotopic (exact) mass is 256 g/mol. The van der Waals surface area contributed by atoms with E-state index in [9.17, 15) is 8.78 Å². The number of nitrogens with two attached hydrogens (primary N) is 1. The minimum Gasteiger partial charge on any atom is -0.396 e. The van der Waals surface area contributed by atoms with Crippen molar-refractivity contribution in [1.29, 1.82) is 0 Å². The molecular formula is C13H18F2N2O. The Balaban J connectivity index is 2.17. The Kier molecular flexibility index (Phi) is 4.14. The fraction of sp³-hybridized carbons (Fsp3) is 0.538. The van der Waals surface area contributed by atoms with Crippen LogP contribution in [0, 0.1) is 17.6 Å². The van der Waals surface area contributed by atoms with Gasteiger partial charge < -0.3 is 15.7 Å². The average molecular weight is 256 g/mol. The highest BCUT2D eigenvalue weighted by atomic mass is 19.2. The molecule has 100 valence electrons. The molecule has 18 heavy (non-hydrogen) atoms. The van der Waals surface area contributed by atoms with E-state index in [-0.39, 0.29) is 18.7 Å². The number of halogens is 2. The minimum absolute atomic E-state index is 0.00380. The molecule has 0 bridgehead atoms. The maximum Gasteiger partial charge on any atom is 0.182 e. The van der Waals surface area contributed by atoms with Gasteiger partial charge in [-0.15, -0.1) is 0 Å². The average Bonchev–Trinajstić information content (AvgIpc) is 2.81. The number of nitrogens with zero attached hydrogens (tertiary/aromatic N) is 1. The fourth-order valence-corrected chi connectivity index (χ4v) is 2.45. The summed E-state index contributed by atoms with van der Waals surface area (Å²) in [6.45, 7) is 1.50. The molecule has 1 aromatic rings. The number of benzene rings is 1. The number of anilines is 1. The van der Waals surface area contributed by atoms with Gasteiger partial charge in [0, 0.05) is 31.8 Å². The zero-order chi connectivity index (χ0) is 13.1. The van der Waals surface area contributed by atoms with Crippen LogP contribution >= 0.6 is 0 Å². The summed E-state index contributed by atoms with van der Waals surface area (Å²) >= 11 is 0. The second kappa shape index (κ2) is 5.63. The Morgan fingerprint density at radius 3 is 2.78 bits per heavy atom. The van der Waals surface area contributed by atoms with Crippen molar-refractivity contribution in [3.05, 3.63) is 29.3 Å². The van der Waals surface area contributed by atoms with Crippen molar-refractivity contribution < 1.29 is 13.9 Å². The number of rotatable bonds is 4. The van der Waals surface area contributed by atoms with E-state index < -0.39 is 11.6 Å². The summed E-state index contributed by atoms with van der Waals surface area (Å²) in [6.07, 6.45) is 1.61. The third kappa shape index (κ3) is 2.47. The van der Waals surface area contributed by atoms with Crippen molar-refractivity contribution in [2.75, 3.05) is 24.6 Å². The van der Waals surface area contributed by atoms with Crippen LogP contribution in [0.15, 0.2) is 12.1 Å². The van der Waals surface area contributed by atoms with E-state index in [1.165, 1.54) is 6.07 Å². The normalized spacial score (nSPS) is 19.6. The lowest BCUT2D eigenvalue weighted by Gasteiger charge is -2.20. The Morgan fingerprint density at radius 2 is 2.11 bits per heavy atom. The third-order valence-corrected chi connectivity index (χ3v) is 3.53. The molecular weight excluding hydrogens is 238 g/mol. The maximum absolute atomic E-state index is 13.9. The second-order valence-electron chi connectivity index (χ2n) is 4.69. The Bertz CT molecular complexity index is 426. The number of aliphatic hydroxyl groups is 1. The first-order valence-corrected chi connectivity index (χ1v) is 6.20. The van der Waals surface area contributed by atoms with Crippen LogP contribution in [0.2, 0.25) is 0 Å². The van der Waals surface area contributed by atoms with E-state index in [0.717, 1.165) is 6.42 Å². The predicted octanol–water partition coefficient (Wildman–Crippen LogP) is 1.63. The van der Waals surface area contributed by atoms with E-state index in [0.29, 0.717) is 31.1 Å². The molecule has 1 aliphatic heterocycles. The van der Waals surface area contributed by atoms with Gasteiger partial charge in [0.1, 0.15) is 0 Å². The Morgan fingerprint density at radius 1 is 1.33 bits per heavy atom.